The minimum atomic E-state index is -0.276. The number of hydrogen-bond acceptors (Lipinski definition) is 3. The molecule has 0 bridgehead atoms. The largest absolute Gasteiger partial charge is 0.484 e. The lowest BCUT2D eigenvalue weighted by molar-refractivity contribution is -0.118. The van der Waals surface area contributed by atoms with Crippen molar-refractivity contribution in [3.63, 3.8) is 0 Å². The van der Waals surface area contributed by atoms with Crippen LogP contribution in [0.25, 0.3) is 21.9 Å². The second kappa shape index (κ2) is 11.4. The van der Waals surface area contributed by atoms with E-state index in [4.69, 9.17) is 4.74 Å². The molecule has 0 unspecified atom stereocenters. The SMILES string of the molecule is CCN(C(=O)c1ccc(NC(=O)COc2ccc(-c3ccccc3)cc2)cc1)c1cccc2ccccc12. The highest BCUT2D eigenvalue weighted by molar-refractivity contribution is 6.11. The Bertz CT molecular complexity index is 1540. The number of rotatable bonds is 8. The quantitative estimate of drug-likeness (QED) is 0.245. The molecule has 0 radical (unpaired) electrons. The number of benzene rings is 5. The van der Waals surface area contributed by atoms with Crippen LogP contribution in [0.3, 0.4) is 0 Å². The number of carbonyl (C=O) groups excluding carboxylic acids is 2. The smallest absolute Gasteiger partial charge is 0.262 e. The van der Waals surface area contributed by atoms with Crippen LogP contribution in [0.2, 0.25) is 0 Å². The van der Waals surface area contributed by atoms with Crippen molar-refractivity contribution in [1.29, 1.82) is 0 Å². The normalized spacial score (nSPS) is 10.7. The lowest BCUT2D eigenvalue weighted by Gasteiger charge is -2.23. The number of nitrogens with zero attached hydrogens (tertiary/aromatic N) is 1. The molecule has 0 aliphatic carbocycles. The number of ether oxygens (including phenoxy) is 1. The molecule has 5 heteroatoms. The van der Waals surface area contributed by atoms with Crippen molar-refractivity contribution in [3.05, 3.63) is 127 Å². The summed E-state index contributed by atoms with van der Waals surface area (Å²) in [6.07, 6.45) is 0. The van der Waals surface area contributed by atoms with E-state index in [1.165, 1.54) is 0 Å². The highest BCUT2D eigenvalue weighted by Crippen LogP contribution is 2.28. The van der Waals surface area contributed by atoms with Gasteiger partial charge >= 0.3 is 0 Å². The van der Waals surface area contributed by atoms with Gasteiger partial charge in [-0.25, -0.2) is 0 Å². The third-order valence-corrected chi connectivity index (χ3v) is 6.37. The first-order valence-corrected chi connectivity index (χ1v) is 12.6. The standard InChI is InChI=1S/C33H28N2O3/c1-2-35(31-14-8-12-26-11-6-7-13-30(26)31)33(37)27-15-19-28(20-16-27)34-32(36)23-38-29-21-17-25(18-22-29)24-9-4-3-5-10-24/h3-22H,2,23H2,1H3,(H,34,36). The van der Waals surface area contributed by atoms with Crippen LogP contribution in [0.15, 0.2) is 121 Å². The fraction of sp³-hybridized carbons (Fsp3) is 0.0909. The predicted molar refractivity (Wildman–Crippen MR) is 154 cm³/mol. The zero-order chi connectivity index (χ0) is 26.3. The van der Waals surface area contributed by atoms with Gasteiger partial charge in [0.2, 0.25) is 0 Å². The lowest BCUT2D eigenvalue weighted by Crippen LogP contribution is -2.30. The van der Waals surface area contributed by atoms with Crippen LogP contribution < -0.4 is 15.0 Å². The van der Waals surface area contributed by atoms with E-state index in [9.17, 15) is 9.59 Å². The number of hydrogen-bond donors (Lipinski definition) is 1. The average molecular weight is 501 g/mol. The summed E-state index contributed by atoms with van der Waals surface area (Å²) in [7, 11) is 0. The maximum Gasteiger partial charge on any atom is 0.262 e. The van der Waals surface area contributed by atoms with Gasteiger partial charge in [-0.2, -0.15) is 0 Å². The Morgan fingerprint density at radius 1 is 0.711 bits per heavy atom. The first-order chi connectivity index (χ1) is 18.6. The fourth-order valence-corrected chi connectivity index (χ4v) is 4.44. The van der Waals surface area contributed by atoms with Gasteiger partial charge in [0.25, 0.3) is 11.8 Å². The minimum Gasteiger partial charge on any atom is -0.484 e. The number of amides is 2. The molecule has 0 saturated carbocycles. The molecule has 0 spiro atoms. The van der Waals surface area contributed by atoms with Gasteiger partial charge in [0.15, 0.2) is 6.61 Å². The highest BCUT2D eigenvalue weighted by Gasteiger charge is 2.18. The topological polar surface area (TPSA) is 58.6 Å². The van der Waals surface area contributed by atoms with E-state index in [0.29, 0.717) is 23.5 Å². The van der Waals surface area contributed by atoms with Crippen LogP contribution in [0.1, 0.15) is 17.3 Å². The van der Waals surface area contributed by atoms with Crippen LogP contribution >= 0.6 is 0 Å². The van der Waals surface area contributed by atoms with Crippen molar-refractivity contribution < 1.29 is 14.3 Å². The number of nitrogens with one attached hydrogen (secondary N) is 1. The predicted octanol–water partition coefficient (Wildman–Crippen LogP) is 7.19. The second-order valence-corrected chi connectivity index (χ2v) is 8.85. The van der Waals surface area contributed by atoms with Gasteiger partial charge in [-0.15, -0.1) is 0 Å². The number of anilines is 2. The van der Waals surface area contributed by atoms with Crippen LogP contribution in [0, 0.1) is 0 Å². The summed E-state index contributed by atoms with van der Waals surface area (Å²) in [5, 5.41) is 4.94. The molecule has 0 saturated heterocycles. The molecule has 5 aromatic carbocycles. The van der Waals surface area contributed by atoms with E-state index in [2.05, 4.69) is 5.32 Å². The Morgan fingerprint density at radius 3 is 2.11 bits per heavy atom. The highest BCUT2D eigenvalue weighted by atomic mass is 16.5. The van der Waals surface area contributed by atoms with Crippen molar-refractivity contribution in [2.24, 2.45) is 0 Å². The van der Waals surface area contributed by atoms with Crippen LogP contribution in [-0.4, -0.2) is 25.0 Å². The molecule has 0 aliphatic rings. The molecule has 0 aliphatic heterocycles. The summed E-state index contributed by atoms with van der Waals surface area (Å²) >= 11 is 0. The van der Waals surface area contributed by atoms with Crippen LogP contribution in [0.5, 0.6) is 5.75 Å². The Kier molecular flexibility index (Phi) is 7.46. The monoisotopic (exact) mass is 500 g/mol. The molecule has 188 valence electrons. The van der Waals surface area contributed by atoms with Gasteiger partial charge in [0.1, 0.15) is 5.75 Å². The number of fused-ring (bicyclic) bond motifs is 1. The first-order valence-electron chi connectivity index (χ1n) is 12.6. The minimum absolute atomic E-state index is 0.0935. The van der Waals surface area contributed by atoms with Gasteiger partial charge in [0.05, 0.1) is 5.69 Å². The zero-order valence-corrected chi connectivity index (χ0v) is 21.1. The Labute approximate surface area is 222 Å². The van der Waals surface area contributed by atoms with Crippen molar-refractivity contribution in [3.8, 4) is 16.9 Å². The van der Waals surface area contributed by atoms with E-state index in [1.807, 2.05) is 104 Å². The molecule has 38 heavy (non-hydrogen) atoms. The van der Waals surface area contributed by atoms with Gasteiger partial charge in [0, 0.05) is 23.2 Å². The Morgan fingerprint density at radius 2 is 1.37 bits per heavy atom. The van der Waals surface area contributed by atoms with Gasteiger partial charge in [-0.1, -0.05) is 78.9 Å². The molecule has 5 aromatic rings. The van der Waals surface area contributed by atoms with Crippen molar-refractivity contribution >= 4 is 34.0 Å². The zero-order valence-electron chi connectivity index (χ0n) is 21.1. The van der Waals surface area contributed by atoms with E-state index >= 15 is 0 Å². The summed E-state index contributed by atoms with van der Waals surface area (Å²) in [6.45, 7) is 2.38. The molecular formula is C33H28N2O3. The molecule has 2 amide bonds. The van der Waals surface area contributed by atoms with Crippen molar-refractivity contribution in [2.75, 3.05) is 23.4 Å². The first kappa shape index (κ1) is 24.8. The summed E-state index contributed by atoms with van der Waals surface area (Å²) in [6, 6.07) is 38.6. The average Bonchev–Trinajstić information content (AvgIpc) is 2.97. The van der Waals surface area contributed by atoms with E-state index in [-0.39, 0.29) is 18.4 Å². The van der Waals surface area contributed by atoms with E-state index < -0.39 is 0 Å². The summed E-state index contributed by atoms with van der Waals surface area (Å²) in [5.74, 6) is 0.250. The lowest BCUT2D eigenvalue weighted by atomic mass is 10.1. The van der Waals surface area contributed by atoms with Gasteiger partial charge < -0.3 is 15.0 Å². The summed E-state index contributed by atoms with van der Waals surface area (Å²) in [4.78, 5) is 27.6. The molecular weight excluding hydrogens is 472 g/mol. The number of carbonyl (C=O) groups is 2. The van der Waals surface area contributed by atoms with Crippen molar-refractivity contribution in [2.45, 2.75) is 6.92 Å². The van der Waals surface area contributed by atoms with Gasteiger partial charge in [-0.05, 0) is 65.9 Å². The van der Waals surface area contributed by atoms with Crippen LogP contribution in [0.4, 0.5) is 11.4 Å². The second-order valence-electron chi connectivity index (χ2n) is 8.85. The summed E-state index contributed by atoms with van der Waals surface area (Å²) in [5.41, 5.74) is 4.23. The molecule has 5 rings (SSSR count). The molecule has 1 N–H and O–H groups in total. The maximum absolute atomic E-state index is 13.3. The molecule has 0 heterocycles. The Hall–Kier alpha value is -4.90. The molecule has 5 nitrogen and oxygen atoms in total. The Balaban J connectivity index is 1.19. The van der Waals surface area contributed by atoms with Crippen LogP contribution in [-0.2, 0) is 4.79 Å². The van der Waals surface area contributed by atoms with E-state index in [0.717, 1.165) is 27.6 Å². The third kappa shape index (κ3) is 5.57. The molecule has 0 fully saturated rings. The third-order valence-electron chi connectivity index (χ3n) is 6.37. The molecule has 0 aromatic heterocycles. The maximum atomic E-state index is 13.3. The summed E-state index contributed by atoms with van der Waals surface area (Å²) < 4.78 is 5.65. The fourth-order valence-electron chi connectivity index (χ4n) is 4.44. The molecule has 0 atom stereocenters. The van der Waals surface area contributed by atoms with E-state index in [1.54, 1.807) is 29.2 Å². The van der Waals surface area contributed by atoms with Crippen molar-refractivity contribution in [1.82, 2.24) is 0 Å². The van der Waals surface area contributed by atoms with Gasteiger partial charge in [-0.3, -0.25) is 9.59 Å².